The summed E-state index contributed by atoms with van der Waals surface area (Å²) in [6.45, 7) is -0.0249. The molecule has 0 bridgehead atoms. The Kier molecular flexibility index (Phi) is 5.92. The van der Waals surface area contributed by atoms with Gasteiger partial charge in [-0.3, -0.25) is 4.79 Å². The van der Waals surface area contributed by atoms with Crippen molar-refractivity contribution in [2.45, 2.75) is 12.8 Å². The Morgan fingerprint density at radius 2 is 1.75 bits per heavy atom. The number of rotatable bonds is 5. The van der Waals surface area contributed by atoms with Gasteiger partial charge in [0.2, 0.25) is 11.2 Å². The largest absolute Gasteiger partial charge is 0.489 e. The number of hydrogen-bond acceptors (Lipinski definition) is 4. The second kappa shape index (κ2) is 8.66. The molecule has 4 rings (SSSR count). The minimum absolute atomic E-state index is 0.0249. The van der Waals surface area contributed by atoms with Crippen LogP contribution in [0.15, 0.2) is 80.4 Å². The van der Waals surface area contributed by atoms with Crippen molar-refractivity contribution >= 4 is 26.9 Å². The summed E-state index contributed by atoms with van der Waals surface area (Å²) in [5.41, 5.74) is -0.774. The van der Waals surface area contributed by atoms with Crippen LogP contribution in [0.25, 0.3) is 11.0 Å². The molecule has 0 spiro atoms. The van der Waals surface area contributed by atoms with Crippen LogP contribution < -0.4 is 14.9 Å². The van der Waals surface area contributed by atoms with Gasteiger partial charge < -0.3 is 13.9 Å². The summed E-state index contributed by atoms with van der Waals surface area (Å²) in [6.07, 6.45) is -4.98. The first-order chi connectivity index (χ1) is 15.2. The van der Waals surface area contributed by atoms with E-state index < -0.39 is 28.9 Å². The van der Waals surface area contributed by atoms with Crippen LogP contribution in [-0.2, 0) is 12.8 Å². The van der Waals surface area contributed by atoms with Crippen LogP contribution in [0.5, 0.6) is 17.2 Å². The highest BCUT2D eigenvalue weighted by atomic mass is 79.9. The Labute approximate surface area is 187 Å². The minimum Gasteiger partial charge on any atom is -0.489 e. The predicted molar refractivity (Wildman–Crippen MR) is 112 cm³/mol. The molecule has 0 radical (unpaired) electrons. The van der Waals surface area contributed by atoms with Crippen LogP contribution in [0.1, 0.15) is 11.3 Å². The topological polar surface area (TPSA) is 48.7 Å². The first-order valence-electron chi connectivity index (χ1n) is 9.20. The molecule has 0 aliphatic carbocycles. The van der Waals surface area contributed by atoms with Crippen molar-refractivity contribution in [3.8, 4) is 17.2 Å². The van der Waals surface area contributed by atoms with Crippen molar-refractivity contribution in [3.05, 3.63) is 98.6 Å². The molecule has 1 heterocycles. The quantitative estimate of drug-likeness (QED) is 0.270. The summed E-state index contributed by atoms with van der Waals surface area (Å²) in [4.78, 5) is 12.9. The van der Waals surface area contributed by atoms with Gasteiger partial charge in [0.05, 0.1) is 9.86 Å². The SMILES string of the molecule is O=c1c(Oc2ccccc2Br)c(C(F)(F)F)oc2cc(OCc3cccc(F)c3)ccc12. The molecule has 9 heteroatoms. The van der Waals surface area contributed by atoms with E-state index in [2.05, 4.69) is 15.9 Å². The molecule has 32 heavy (non-hydrogen) atoms. The van der Waals surface area contributed by atoms with Crippen molar-refractivity contribution in [3.63, 3.8) is 0 Å². The number of fused-ring (bicyclic) bond motifs is 1. The maximum Gasteiger partial charge on any atom is 0.453 e. The van der Waals surface area contributed by atoms with Gasteiger partial charge >= 0.3 is 6.18 Å². The number of alkyl halides is 3. The highest BCUT2D eigenvalue weighted by Gasteiger charge is 2.40. The summed E-state index contributed by atoms with van der Waals surface area (Å²) in [7, 11) is 0. The third kappa shape index (κ3) is 4.62. The zero-order chi connectivity index (χ0) is 22.9. The number of ether oxygens (including phenoxy) is 2. The van der Waals surface area contributed by atoms with E-state index in [1.807, 2.05) is 0 Å². The molecule has 0 saturated heterocycles. The van der Waals surface area contributed by atoms with Gasteiger partial charge in [0.15, 0.2) is 0 Å². The van der Waals surface area contributed by atoms with Crippen LogP contribution >= 0.6 is 15.9 Å². The minimum atomic E-state index is -4.98. The Hall–Kier alpha value is -3.33. The van der Waals surface area contributed by atoms with E-state index in [4.69, 9.17) is 13.9 Å². The normalized spacial score (nSPS) is 11.5. The van der Waals surface area contributed by atoms with Gasteiger partial charge in [-0.1, -0.05) is 24.3 Å². The Balaban J connectivity index is 1.74. The molecule has 0 unspecified atom stereocenters. The molecule has 0 aliphatic heterocycles. The van der Waals surface area contributed by atoms with Crippen molar-refractivity contribution < 1.29 is 31.5 Å². The molecule has 4 aromatic rings. The maximum absolute atomic E-state index is 13.7. The third-order valence-corrected chi connectivity index (χ3v) is 5.08. The molecule has 3 aromatic carbocycles. The molecule has 0 atom stereocenters. The van der Waals surface area contributed by atoms with E-state index in [-0.39, 0.29) is 29.1 Å². The van der Waals surface area contributed by atoms with Gasteiger partial charge in [-0.05, 0) is 57.9 Å². The van der Waals surface area contributed by atoms with Crippen LogP contribution in [-0.4, -0.2) is 0 Å². The van der Waals surface area contributed by atoms with Crippen LogP contribution in [0.4, 0.5) is 17.6 Å². The molecule has 1 aromatic heterocycles. The van der Waals surface area contributed by atoms with Gasteiger partial charge in [-0.2, -0.15) is 13.2 Å². The van der Waals surface area contributed by atoms with Crippen LogP contribution in [0.2, 0.25) is 0 Å². The lowest BCUT2D eigenvalue weighted by Gasteiger charge is -2.14. The highest BCUT2D eigenvalue weighted by Crippen LogP contribution is 2.39. The van der Waals surface area contributed by atoms with Gasteiger partial charge in [-0.15, -0.1) is 0 Å². The summed E-state index contributed by atoms with van der Waals surface area (Å²) in [6, 6.07) is 15.7. The van der Waals surface area contributed by atoms with E-state index in [9.17, 15) is 22.4 Å². The average molecular weight is 509 g/mol. The van der Waals surface area contributed by atoms with Crippen LogP contribution in [0, 0.1) is 5.82 Å². The van der Waals surface area contributed by atoms with Gasteiger partial charge in [-0.25, -0.2) is 4.39 Å². The highest BCUT2D eigenvalue weighted by molar-refractivity contribution is 9.10. The van der Waals surface area contributed by atoms with E-state index in [1.165, 1.54) is 42.5 Å². The lowest BCUT2D eigenvalue weighted by atomic mass is 10.2. The molecule has 164 valence electrons. The van der Waals surface area contributed by atoms with Crippen molar-refractivity contribution in [1.29, 1.82) is 0 Å². The first-order valence-corrected chi connectivity index (χ1v) is 9.99. The van der Waals surface area contributed by atoms with E-state index in [0.29, 0.717) is 10.0 Å². The van der Waals surface area contributed by atoms with E-state index >= 15 is 0 Å². The number of benzene rings is 3. The summed E-state index contributed by atoms with van der Waals surface area (Å²) < 4.78 is 70.6. The fraction of sp³-hybridized carbons (Fsp3) is 0.0870. The summed E-state index contributed by atoms with van der Waals surface area (Å²) in [5, 5.41) is -0.113. The average Bonchev–Trinajstić information content (AvgIpc) is 2.74. The smallest absolute Gasteiger partial charge is 0.453 e. The number of para-hydroxylation sites is 1. The molecule has 0 N–H and O–H groups in total. The molecule has 0 fully saturated rings. The summed E-state index contributed by atoms with van der Waals surface area (Å²) >= 11 is 3.17. The van der Waals surface area contributed by atoms with Gasteiger partial charge in [0, 0.05) is 6.07 Å². The third-order valence-electron chi connectivity index (χ3n) is 4.42. The number of halogens is 5. The van der Waals surface area contributed by atoms with Crippen molar-refractivity contribution in [2.75, 3.05) is 0 Å². The lowest BCUT2D eigenvalue weighted by molar-refractivity contribution is -0.154. The molecule has 0 amide bonds. The van der Waals surface area contributed by atoms with Crippen LogP contribution in [0.3, 0.4) is 0 Å². The molecule has 4 nitrogen and oxygen atoms in total. The zero-order valence-corrected chi connectivity index (χ0v) is 17.7. The number of hydrogen-bond donors (Lipinski definition) is 0. The molecular formula is C23H13BrF4O4. The fourth-order valence-corrected chi connectivity index (χ4v) is 3.32. The zero-order valence-electron chi connectivity index (χ0n) is 16.1. The second-order valence-electron chi connectivity index (χ2n) is 6.70. The van der Waals surface area contributed by atoms with Gasteiger partial charge in [0.1, 0.15) is 29.5 Å². The van der Waals surface area contributed by atoms with Gasteiger partial charge in [0.25, 0.3) is 5.76 Å². The Morgan fingerprint density at radius 3 is 2.47 bits per heavy atom. The van der Waals surface area contributed by atoms with E-state index in [0.717, 1.165) is 0 Å². The van der Waals surface area contributed by atoms with Crippen molar-refractivity contribution in [2.24, 2.45) is 0 Å². The first kappa shape index (κ1) is 21.9. The summed E-state index contributed by atoms with van der Waals surface area (Å²) in [5.74, 6) is -2.79. The van der Waals surface area contributed by atoms with Crippen molar-refractivity contribution in [1.82, 2.24) is 0 Å². The fourth-order valence-electron chi connectivity index (χ4n) is 2.96. The van der Waals surface area contributed by atoms with E-state index in [1.54, 1.807) is 24.3 Å². The predicted octanol–water partition coefficient (Wildman–Crippen LogP) is 7.08. The lowest BCUT2D eigenvalue weighted by Crippen LogP contribution is -2.15. The molecule has 0 saturated carbocycles. The Bertz CT molecular complexity index is 1350. The Morgan fingerprint density at radius 1 is 0.969 bits per heavy atom. The standard InChI is InChI=1S/C23H13BrF4O4/c24-17-6-1-2-7-18(17)31-21-20(29)16-9-8-15(11-19(16)32-22(21)23(26,27)28)30-12-13-4-3-5-14(25)10-13/h1-11H,12H2. The molecular weight excluding hydrogens is 496 g/mol. The second-order valence-corrected chi connectivity index (χ2v) is 7.55. The molecule has 0 aliphatic rings. The maximum atomic E-state index is 13.7. The monoisotopic (exact) mass is 508 g/mol.